The van der Waals surface area contributed by atoms with Gasteiger partial charge >= 0.3 is 0 Å². The number of aromatic nitrogens is 2. The second-order valence-corrected chi connectivity index (χ2v) is 5.03. The molecule has 2 heterocycles. The van der Waals surface area contributed by atoms with Crippen LogP contribution in [0.15, 0.2) is 42.6 Å². The van der Waals surface area contributed by atoms with Gasteiger partial charge in [0.05, 0.1) is 10.7 Å². The van der Waals surface area contributed by atoms with Crippen molar-refractivity contribution in [2.75, 3.05) is 5.32 Å². The van der Waals surface area contributed by atoms with E-state index in [-0.39, 0.29) is 5.91 Å². The number of benzene rings is 1. The molecule has 4 nitrogen and oxygen atoms in total. The van der Waals surface area contributed by atoms with Crippen LogP contribution in [0, 0.1) is 0 Å². The summed E-state index contributed by atoms with van der Waals surface area (Å²) >= 11 is 11.8. The van der Waals surface area contributed by atoms with Crippen molar-refractivity contribution in [3.05, 3.63) is 58.3 Å². The molecule has 0 spiro atoms. The van der Waals surface area contributed by atoms with Crippen LogP contribution in [0.4, 0.5) is 5.69 Å². The van der Waals surface area contributed by atoms with Gasteiger partial charge in [-0.05, 0) is 36.4 Å². The Morgan fingerprint density at radius 1 is 1.15 bits per heavy atom. The van der Waals surface area contributed by atoms with Crippen LogP contribution in [0.25, 0.3) is 11.0 Å². The van der Waals surface area contributed by atoms with Gasteiger partial charge in [-0.15, -0.1) is 0 Å². The van der Waals surface area contributed by atoms with Gasteiger partial charge in [-0.3, -0.25) is 4.79 Å². The number of nitrogens with zero attached hydrogens (tertiary/aromatic N) is 1. The van der Waals surface area contributed by atoms with Gasteiger partial charge in [0.25, 0.3) is 5.91 Å². The van der Waals surface area contributed by atoms with E-state index >= 15 is 0 Å². The Morgan fingerprint density at radius 2 is 2.00 bits per heavy atom. The van der Waals surface area contributed by atoms with Crippen molar-refractivity contribution < 1.29 is 4.79 Å². The molecule has 3 rings (SSSR count). The molecule has 0 aliphatic rings. The Balaban J connectivity index is 1.88. The van der Waals surface area contributed by atoms with E-state index in [0.717, 1.165) is 5.39 Å². The summed E-state index contributed by atoms with van der Waals surface area (Å²) in [6.45, 7) is 0. The van der Waals surface area contributed by atoms with Gasteiger partial charge in [0.15, 0.2) is 0 Å². The number of rotatable bonds is 2. The summed E-state index contributed by atoms with van der Waals surface area (Å²) in [5, 5.41) is 4.55. The van der Waals surface area contributed by atoms with Crippen LogP contribution in [0.2, 0.25) is 10.0 Å². The molecule has 0 saturated carbocycles. The monoisotopic (exact) mass is 305 g/mol. The Bertz CT molecular complexity index is 798. The predicted octanol–water partition coefficient (Wildman–Crippen LogP) is 4.12. The van der Waals surface area contributed by atoms with Crippen LogP contribution >= 0.6 is 23.2 Å². The van der Waals surface area contributed by atoms with Crippen LogP contribution in [0.5, 0.6) is 0 Å². The molecular formula is C14H9Cl2N3O. The third-order valence-corrected chi connectivity index (χ3v) is 3.37. The number of hydrogen-bond donors (Lipinski definition) is 2. The van der Waals surface area contributed by atoms with Crippen LogP contribution in [0.1, 0.15) is 10.5 Å². The topological polar surface area (TPSA) is 57.8 Å². The maximum absolute atomic E-state index is 12.1. The number of hydrogen-bond acceptors (Lipinski definition) is 2. The fourth-order valence-corrected chi connectivity index (χ4v) is 2.29. The lowest BCUT2D eigenvalue weighted by Gasteiger charge is -2.07. The summed E-state index contributed by atoms with van der Waals surface area (Å²) in [6, 6.07) is 10.3. The summed E-state index contributed by atoms with van der Waals surface area (Å²) in [5.41, 5.74) is 1.47. The first kappa shape index (κ1) is 13.0. The van der Waals surface area contributed by atoms with Gasteiger partial charge < -0.3 is 10.3 Å². The minimum Gasteiger partial charge on any atom is -0.346 e. The molecule has 0 saturated heterocycles. The number of nitrogens with one attached hydrogen (secondary N) is 2. The van der Waals surface area contributed by atoms with Gasteiger partial charge in [0, 0.05) is 16.6 Å². The maximum Gasteiger partial charge on any atom is 0.274 e. The van der Waals surface area contributed by atoms with Gasteiger partial charge in [0.1, 0.15) is 11.3 Å². The van der Waals surface area contributed by atoms with Gasteiger partial charge in [-0.2, -0.15) is 0 Å². The minimum atomic E-state index is -0.328. The number of halogens is 2. The van der Waals surface area contributed by atoms with E-state index in [1.54, 1.807) is 30.5 Å². The van der Waals surface area contributed by atoms with Crippen molar-refractivity contribution in [2.24, 2.45) is 0 Å². The zero-order valence-electron chi connectivity index (χ0n) is 10.2. The van der Waals surface area contributed by atoms with Gasteiger partial charge in [-0.1, -0.05) is 23.2 Å². The molecule has 0 aliphatic carbocycles. The van der Waals surface area contributed by atoms with E-state index in [4.69, 9.17) is 23.2 Å². The number of fused-ring (bicyclic) bond motifs is 1. The van der Waals surface area contributed by atoms with E-state index in [0.29, 0.717) is 27.1 Å². The van der Waals surface area contributed by atoms with Crippen molar-refractivity contribution >= 4 is 45.8 Å². The molecule has 0 unspecified atom stereocenters. The van der Waals surface area contributed by atoms with E-state index in [1.165, 1.54) is 0 Å². The lowest BCUT2D eigenvalue weighted by Crippen LogP contribution is -2.13. The average molecular weight is 306 g/mol. The van der Waals surface area contributed by atoms with Crippen molar-refractivity contribution in [3.63, 3.8) is 0 Å². The van der Waals surface area contributed by atoms with E-state index in [1.807, 2.05) is 12.1 Å². The largest absolute Gasteiger partial charge is 0.346 e. The number of pyridine rings is 1. The Hall–Kier alpha value is -2.04. The fraction of sp³-hybridized carbons (Fsp3) is 0. The molecule has 0 aliphatic heterocycles. The van der Waals surface area contributed by atoms with Crippen molar-refractivity contribution in [3.8, 4) is 0 Å². The van der Waals surface area contributed by atoms with Crippen LogP contribution in [-0.4, -0.2) is 15.9 Å². The van der Waals surface area contributed by atoms with Gasteiger partial charge in [-0.25, -0.2) is 4.98 Å². The first-order valence-corrected chi connectivity index (χ1v) is 6.59. The van der Waals surface area contributed by atoms with Crippen molar-refractivity contribution in [1.82, 2.24) is 9.97 Å². The third-order valence-electron chi connectivity index (χ3n) is 2.82. The first-order valence-electron chi connectivity index (χ1n) is 5.84. The normalized spacial score (nSPS) is 10.7. The lowest BCUT2D eigenvalue weighted by atomic mass is 10.2. The molecule has 2 N–H and O–H groups in total. The lowest BCUT2D eigenvalue weighted by molar-refractivity contribution is 0.102. The first-order chi connectivity index (χ1) is 9.63. The SMILES string of the molecule is O=C(Nc1ccc(Cl)cc1Cl)c1ccc2cc[nH]c2n1. The summed E-state index contributed by atoms with van der Waals surface area (Å²) < 4.78 is 0. The zero-order valence-corrected chi connectivity index (χ0v) is 11.7. The molecule has 3 aromatic rings. The number of H-pyrrole nitrogens is 1. The molecular weight excluding hydrogens is 297 g/mol. The third kappa shape index (κ3) is 2.48. The van der Waals surface area contributed by atoms with Crippen molar-refractivity contribution in [1.29, 1.82) is 0 Å². The van der Waals surface area contributed by atoms with Gasteiger partial charge in [0.2, 0.25) is 0 Å². The molecule has 6 heteroatoms. The fourth-order valence-electron chi connectivity index (χ4n) is 1.83. The molecule has 1 aromatic carbocycles. The number of aromatic amines is 1. The van der Waals surface area contributed by atoms with E-state index < -0.39 is 0 Å². The molecule has 0 radical (unpaired) electrons. The highest BCUT2D eigenvalue weighted by Gasteiger charge is 2.11. The van der Waals surface area contributed by atoms with Crippen LogP contribution in [-0.2, 0) is 0 Å². The number of carbonyl (C=O) groups excluding carboxylic acids is 1. The van der Waals surface area contributed by atoms with E-state index in [2.05, 4.69) is 15.3 Å². The Morgan fingerprint density at radius 3 is 2.80 bits per heavy atom. The Labute approximate surface area is 124 Å². The smallest absolute Gasteiger partial charge is 0.274 e. The molecule has 0 bridgehead atoms. The minimum absolute atomic E-state index is 0.311. The summed E-state index contributed by atoms with van der Waals surface area (Å²) in [6.07, 6.45) is 1.77. The Kier molecular flexibility index (Phi) is 3.34. The van der Waals surface area contributed by atoms with Crippen LogP contribution < -0.4 is 5.32 Å². The average Bonchev–Trinajstić information content (AvgIpc) is 2.89. The number of anilines is 1. The standard InChI is InChI=1S/C14H9Cl2N3O/c15-9-2-4-11(10(16)7-9)19-14(20)12-3-1-8-5-6-17-13(8)18-12/h1-7H,(H,17,18)(H,19,20). The van der Waals surface area contributed by atoms with E-state index in [9.17, 15) is 4.79 Å². The molecule has 1 amide bonds. The quantitative estimate of drug-likeness (QED) is 0.748. The predicted molar refractivity (Wildman–Crippen MR) is 80.5 cm³/mol. The maximum atomic E-state index is 12.1. The highest BCUT2D eigenvalue weighted by atomic mass is 35.5. The van der Waals surface area contributed by atoms with Crippen LogP contribution in [0.3, 0.4) is 0 Å². The summed E-state index contributed by atoms with van der Waals surface area (Å²) in [5.74, 6) is -0.328. The second-order valence-electron chi connectivity index (χ2n) is 4.19. The highest BCUT2D eigenvalue weighted by Crippen LogP contribution is 2.25. The molecule has 0 atom stereocenters. The number of amides is 1. The summed E-state index contributed by atoms with van der Waals surface area (Å²) in [7, 11) is 0. The highest BCUT2D eigenvalue weighted by molar-refractivity contribution is 6.36. The molecule has 2 aromatic heterocycles. The molecule has 100 valence electrons. The van der Waals surface area contributed by atoms with Crippen molar-refractivity contribution in [2.45, 2.75) is 0 Å². The summed E-state index contributed by atoms with van der Waals surface area (Å²) in [4.78, 5) is 19.3. The molecule has 0 fully saturated rings. The molecule has 20 heavy (non-hydrogen) atoms. The zero-order chi connectivity index (χ0) is 14.1. The number of carbonyl (C=O) groups is 1. The second kappa shape index (κ2) is 5.15.